The van der Waals surface area contributed by atoms with Crippen LogP contribution in [0.2, 0.25) is 0 Å². The molecular formula is C9H19NO. The molecule has 0 aromatic carbocycles. The van der Waals surface area contributed by atoms with Crippen LogP contribution in [0.1, 0.15) is 33.1 Å². The number of nitrogens with two attached hydrogens (primary N) is 1. The van der Waals surface area contributed by atoms with Crippen LogP contribution in [0.5, 0.6) is 0 Å². The minimum absolute atomic E-state index is 0.0359. The van der Waals surface area contributed by atoms with E-state index in [9.17, 15) is 0 Å². The SMILES string of the molecule is CC(C)CC1(CN)CCCO1. The molecule has 0 amide bonds. The van der Waals surface area contributed by atoms with Gasteiger partial charge in [-0.2, -0.15) is 0 Å². The first-order valence-corrected chi connectivity index (χ1v) is 4.52. The van der Waals surface area contributed by atoms with E-state index in [1.165, 1.54) is 6.42 Å². The average Bonchev–Trinajstić information content (AvgIpc) is 2.36. The third kappa shape index (κ3) is 2.17. The van der Waals surface area contributed by atoms with Gasteiger partial charge < -0.3 is 10.5 Å². The summed E-state index contributed by atoms with van der Waals surface area (Å²) in [4.78, 5) is 0. The average molecular weight is 157 g/mol. The number of ether oxygens (including phenoxy) is 1. The molecule has 1 aliphatic rings. The molecule has 0 aliphatic carbocycles. The van der Waals surface area contributed by atoms with Gasteiger partial charge >= 0.3 is 0 Å². The van der Waals surface area contributed by atoms with Crippen LogP contribution in [0.25, 0.3) is 0 Å². The summed E-state index contributed by atoms with van der Waals surface area (Å²) in [5.41, 5.74) is 5.73. The molecule has 1 heterocycles. The van der Waals surface area contributed by atoms with Gasteiger partial charge in [0.05, 0.1) is 5.60 Å². The molecule has 0 bridgehead atoms. The molecule has 1 unspecified atom stereocenters. The second-order valence-electron chi connectivity index (χ2n) is 3.94. The van der Waals surface area contributed by atoms with Gasteiger partial charge in [0.15, 0.2) is 0 Å². The van der Waals surface area contributed by atoms with Crippen LogP contribution >= 0.6 is 0 Å². The first kappa shape index (κ1) is 9.01. The lowest BCUT2D eigenvalue weighted by Gasteiger charge is -2.28. The topological polar surface area (TPSA) is 35.2 Å². The van der Waals surface area contributed by atoms with E-state index >= 15 is 0 Å². The van der Waals surface area contributed by atoms with E-state index < -0.39 is 0 Å². The zero-order valence-corrected chi connectivity index (χ0v) is 7.60. The monoisotopic (exact) mass is 157 g/mol. The van der Waals surface area contributed by atoms with E-state index in [4.69, 9.17) is 10.5 Å². The Morgan fingerprint density at radius 1 is 1.55 bits per heavy atom. The van der Waals surface area contributed by atoms with E-state index in [0.717, 1.165) is 19.4 Å². The molecule has 66 valence electrons. The Bertz CT molecular complexity index is 117. The molecule has 1 saturated heterocycles. The maximum atomic E-state index is 5.69. The van der Waals surface area contributed by atoms with Gasteiger partial charge in [0.2, 0.25) is 0 Å². The van der Waals surface area contributed by atoms with Gasteiger partial charge in [0, 0.05) is 13.2 Å². The number of hydrogen-bond acceptors (Lipinski definition) is 2. The Hall–Kier alpha value is -0.0800. The molecule has 0 spiro atoms. The van der Waals surface area contributed by atoms with E-state index in [-0.39, 0.29) is 5.60 Å². The third-order valence-electron chi connectivity index (χ3n) is 2.34. The summed E-state index contributed by atoms with van der Waals surface area (Å²) in [6.45, 7) is 6.04. The van der Waals surface area contributed by atoms with E-state index in [1.807, 2.05) is 0 Å². The molecule has 0 radical (unpaired) electrons. The quantitative estimate of drug-likeness (QED) is 0.674. The zero-order chi connectivity index (χ0) is 8.32. The fourth-order valence-electron chi connectivity index (χ4n) is 1.90. The van der Waals surface area contributed by atoms with Crippen LogP contribution in [0.4, 0.5) is 0 Å². The van der Waals surface area contributed by atoms with Gasteiger partial charge in [-0.15, -0.1) is 0 Å². The predicted molar refractivity (Wildman–Crippen MR) is 46.4 cm³/mol. The van der Waals surface area contributed by atoms with Crippen molar-refractivity contribution in [1.82, 2.24) is 0 Å². The van der Waals surface area contributed by atoms with Gasteiger partial charge in [-0.25, -0.2) is 0 Å². The Balaban J connectivity index is 2.45. The third-order valence-corrected chi connectivity index (χ3v) is 2.34. The fraction of sp³-hybridized carbons (Fsp3) is 1.00. The van der Waals surface area contributed by atoms with Crippen LogP contribution in [0.15, 0.2) is 0 Å². The minimum Gasteiger partial charge on any atom is -0.374 e. The standard InChI is InChI=1S/C9H19NO/c1-8(2)6-9(7-10)4-3-5-11-9/h8H,3-7,10H2,1-2H3. The molecule has 1 atom stereocenters. The summed E-state index contributed by atoms with van der Waals surface area (Å²) in [7, 11) is 0. The molecular weight excluding hydrogens is 138 g/mol. The van der Waals surface area contributed by atoms with Crippen molar-refractivity contribution in [3.8, 4) is 0 Å². The van der Waals surface area contributed by atoms with Crippen molar-refractivity contribution in [2.45, 2.75) is 38.7 Å². The van der Waals surface area contributed by atoms with Crippen LogP contribution in [-0.4, -0.2) is 18.8 Å². The molecule has 0 aromatic heterocycles. The van der Waals surface area contributed by atoms with Crippen LogP contribution < -0.4 is 5.73 Å². The molecule has 11 heavy (non-hydrogen) atoms. The highest BCUT2D eigenvalue weighted by Crippen LogP contribution is 2.30. The molecule has 2 heteroatoms. The highest BCUT2D eigenvalue weighted by Gasteiger charge is 2.33. The minimum atomic E-state index is 0.0359. The van der Waals surface area contributed by atoms with Crippen LogP contribution in [0, 0.1) is 5.92 Å². The van der Waals surface area contributed by atoms with Crippen molar-refractivity contribution in [1.29, 1.82) is 0 Å². The second-order valence-corrected chi connectivity index (χ2v) is 3.94. The second kappa shape index (κ2) is 3.55. The molecule has 1 rings (SSSR count). The molecule has 0 saturated carbocycles. The first-order valence-electron chi connectivity index (χ1n) is 4.52. The van der Waals surface area contributed by atoms with E-state index in [1.54, 1.807) is 0 Å². The molecule has 2 nitrogen and oxygen atoms in total. The van der Waals surface area contributed by atoms with Crippen LogP contribution in [-0.2, 0) is 4.74 Å². The van der Waals surface area contributed by atoms with Gasteiger partial charge in [-0.1, -0.05) is 13.8 Å². The van der Waals surface area contributed by atoms with Gasteiger partial charge in [-0.05, 0) is 25.2 Å². The zero-order valence-electron chi connectivity index (χ0n) is 7.60. The lowest BCUT2D eigenvalue weighted by molar-refractivity contribution is -0.00438. The predicted octanol–water partition coefficient (Wildman–Crippen LogP) is 1.54. The summed E-state index contributed by atoms with van der Waals surface area (Å²) in [5.74, 6) is 0.691. The van der Waals surface area contributed by atoms with Crippen molar-refractivity contribution in [2.75, 3.05) is 13.2 Å². The summed E-state index contributed by atoms with van der Waals surface area (Å²) in [6.07, 6.45) is 3.45. The highest BCUT2D eigenvalue weighted by molar-refractivity contribution is 4.86. The molecule has 1 fully saturated rings. The van der Waals surface area contributed by atoms with Crippen molar-refractivity contribution in [3.05, 3.63) is 0 Å². The number of rotatable bonds is 3. The summed E-state index contributed by atoms with van der Waals surface area (Å²) in [6, 6.07) is 0. The molecule has 2 N–H and O–H groups in total. The lowest BCUT2D eigenvalue weighted by Crippen LogP contribution is -2.38. The van der Waals surface area contributed by atoms with Crippen molar-refractivity contribution in [3.63, 3.8) is 0 Å². The Morgan fingerprint density at radius 3 is 2.64 bits per heavy atom. The van der Waals surface area contributed by atoms with Crippen molar-refractivity contribution >= 4 is 0 Å². The smallest absolute Gasteiger partial charge is 0.0807 e. The molecule has 1 aliphatic heterocycles. The van der Waals surface area contributed by atoms with Crippen molar-refractivity contribution < 1.29 is 4.74 Å². The summed E-state index contributed by atoms with van der Waals surface area (Å²) < 4.78 is 5.68. The van der Waals surface area contributed by atoms with E-state index in [0.29, 0.717) is 12.5 Å². The molecule has 0 aromatic rings. The highest BCUT2D eigenvalue weighted by atomic mass is 16.5. The first-order chi connectivity index (χ1) is 5.18. The van der Waals surface area contributed by atoms with Gasteiger partial charge in [0.25, 0.3) is 0 Å². The fourth-order valence-corrected chi connectivity index (χ4v) is 1.90. The van der Waals surface area contributed by atoms with Gasteiger partial charge in [-0.3, -0.25) is 0 Å². The van der Waals surface area contributed by atoms with E-state index in [2.05, 4.69) is 13.8 Å². The maximum Gasteiger partial charge on any atom is 0.0807 e. The largest absolute Gasteiger partial charge is 0.374 e. The number of hydrogen-bond donors (Lipinski definition) is 1. The normalized spacial score (nSPS) is 31.6. The van der Waals surface area contributed by atoms with Crippen LogP contribution in [0.3, 0.4) is 0 Å². The Labute approximate surface area is 69.1 Å². The Kier molecular flexibility index (Phi) is 2.90. The Morgan fingerprint density at radius 2 is 2.27 bits per heavy atom. The van der Waals surface area contributed by atoms with Gasteiger partial charge in [0.1, 0.15) is 0 Å². The summed E-state index contributed by atoms with van der Waals surface area (Å²) >= 11 is 0. The van der Waals surface area contributed by atoms with Crippen molar-refractivity contribution in [2.24, 2.45) is 11.7 Å². The maximum absolute atomic E-state index is 5.69. The lowest BCUT2D eigenvalue weighted by atomic mass is 9.90. The summed E-state index contributed by atoms with van der Waals surface area (Å²) in [5, 5.41) is 0.